The predicted octanol–water partition coefficient (Wildman–Crippen LogP) is 4.20. The predicted molar refractivity (Wildman–Crippen MR) is 79.5 cm³/mol. The summed E-state index contributed by atoms with van der Waals surface area (Å²) in [5, 5.41) is 1.09. The Kier molecular flexibility index (Phi) is 4.75. The Labute approximate surface area is 126 Å². The topological polar surface area (TPSA) is 34.1 Å². The molecule has 0 bridgehead atoms. The van der Waals surface area contributed by atoms with Crippen LogP contribution in [0.15, 0.2) is 47.9 Å². The van der Waals surface area contributed by atoms with Crippen LogP contribution in [0.3, 0.4) is 0 Å². The molecule has 2 aromatic carbocycles. The molecular weight excluding hydrogens is 318 g/mol. The molecule has 0 radical (unpaired) electrons. The number of halogens is 3. The minimum atomic E-state index is -3.56. The molecule has 0 spiro atoms. The first-order valence-electron chi connectivity index (χ1n) is 5.96. The van der Waals surface area contributed by atoms with E-state index < -0.39 is 21.5 Å². The second-order valence-corrected chi connectivity index (χ2v) is 6.69. The molecule has 0 N–H and O–H groups in total. The molecule has 0 saturated carbocycles. The Morgan fingerprint density at radius 3 is 2.24 bits per heavy atom. The molecule has 0 aromatic heterocycles. The zero-order chi connectivity index (χ0) is 15.5. The van der Waals surface area contributed by atoms with Crippen molar-refractivity contribution in [2.45, 2.75) is 5.75 Å². The quantitative estimate of drug-likeness (QED) is 0.842. The molecule has 0 fully saturated rings. The lowest BCUT2D eigenvalue weighted by molar-refractivity contribution is 0.603. The van der Waals surface area contributed by atoms with Crippen molar-refractivity contribution in [1.29, 1.82) is 0 Å². The first-order chi connectivity index (χ1) is 9.85. The highest BCUT2D eigenvalue weighted by Gasteiger charge is 2.11. The minimum Gasteiger partial charge on any atom is -0.224 e. The highest BCUT2D eigenvalue weighted by atomic mass is 35.5. The van der Waals surface area contributed by atoms with E-state index >= 15 is 0 Å². The maximum absolute atomic E-state index is 12.9. The van der Waals surface area contributed by atoms with Gasteiger partial charge < -0.3 is 0 Å². The summed E-state index contributed by atoms with van der Waals surface area (Å²) in [7, 11) is -3.56. The second kappa shape index (κ2) is 6.37. The Balaban J connectivity index is 2.16. The fourth-order valence-corrected chi connectivity index (χ4v) is 3.12. The molecule has 2 rings (SSSR count). The van der Waals surface area contributed by atoms with Gasteiger partial charge in [0, 0.05) is 10.4 Å². The molecule has 0 aliphatic rings. The molecule has 0 unspecified atom stereocenters. The van der Waals surface area contributed by atoms with Crippen LogP contribution in [0.4, 0.5) is 8.78 Å². The van der Waals surface area contributed by atoms with Crippen LogP contribution in [0, 0.1) is 11.6 Å². The molecule has 0 amide bonds. The van der Waals surface area contributed by atoms with Crippen molar-refractivity contribution in [3.05, 3.63) is 75.7 Å². The third-order valence-corrected chi connectivity index (χ3v) is 4.33. The van der Waals surface area contributed by atoms with Crippen LogP contribution in [0.25, 0.3) is 6.08 Å². The van der Waals surface area contributed by atoms with Gasteiger partial charge in [0.2, 0.25) is 0 Å². The van der Waals surface area contributed by atoms with E-state index in [1.807, 2.05) is 0 Å². The third-order valence-electron chi connectivity index (χ3n) is 2.71. The fourth-order valence-electron chi connectivity index (χ4n) is 1.66. The van der Waals surface area contributed by atoms with Gasteiger partial charge in [-0.1, -0.05) is 29.8 Å². The molecule has 21 heavy (non-hydrogen) atoms. The summed E-state index contributed by atoms with van der Waals surface area (Å²) in [5.41, 5.74) is 0.881. The average molecular weight is 329 g/mol. The van der Waals surface area contributed by atoms with Crippen molar-refractivity contribution >= 4 is 27.5 Å². The van der Waals surface area contributed by atoms with Gasteiger partial charge in [-0.25, -0.2) is 17.2 Å². The number of rotatable bonds is 4. The van der Waals surface area contributed by atoms with Gasteiger partial charge in [-0.15, -0.1) is 0 Å². The average Bonchev–Trinajstić information content (AvgIpc) is 2.41. The molecular formula is C15H11ClF2O2S. The maximum atomic E-state index is 12.9. The first-order valence-corrected chi connectivity index (χ1v) is 8.05. The van der Waals surface area contributed by atoms with E-state index in [0.717, 1.165) is 17.5 Å². The number of sulfone groups is 1. The summed E-state index contributed by atoms with van der Waals surface area (Å²) in [6.45, 7) is 0. The Hall–Kier alpha value is -1.72. The molecule has 0 heterocycles. The van der Waals surface area contributed by atoms with Crippen LogP contribution in [-0.2, 0) is 15.6 Å². The van der Waals surface area contributed by atoms with Gasteiger partial charge in [0.15, 0.2) is 9.84 Å². The minimum absolute atomic E-state index is 0.0637. The monoisotopic (exact) mass is 328 g/mol. The fraction of sp³-hybridized carbons (Fsp3) is 0.0667. The van der Waals surface area contributed by atoms with E-state index in [9.17, 15) is 17.2 Å². The van der Waals surface area contributed by atoms with Crippen molar-refractivity contribution in [3.8, 4) is 0 Å². The van der Waals surface area contributed by atoms with Crippen LogP contribution in [0.1, 0.15) is 11.1 Å². The Morgan fingerprint density at radius 2 is 1.62 bits per heavy atom. The number of benzene rings is 2. The first kappa shape index (κ1) is 15.7. The lowest BCUT2D eigenvalue weighted by Gasteiger charge is -2.03. The van der Waals surface area contributed by atoms with E-state index in [4.69, 9.17) is 11.6 Å². The Morgan fingerprint density at radius 1 is 1.00 bits per heavy atom. The van der Waals surface area contributed by atoms with E-state index in [1.54, 1.807) is 0 Å². The molecule has 0 saturated heterocycles. The summed E-state index contributed by atoms with van der Waals surface area (Å²) in [6.07, 6.45) is 1.37. The summed E-state index contributed by atoms with van der Waals surface area (Å²) >= 11 is 5.80. The van der Waals surface area contributed by atoms with Gasteiger partial charge in [-0.3, -0.25) is 0 Å². The second-order valence-electron chi connectivity index (χ2n) is 4.40. The molecule has 6 heteroatoms. The largest absolute Gasteiger partial charge is 0.224 e. The zero-order valence-corrected chi connectivity index (χ0v) is 12.3. The van der Waals surface area contributed by atoms with E-state index in [1.165, 1.54) is 36.4 Å². The van der Waals surface area contributed by atoms with Gasteiger partial charge in [0.1, 0.15) is 11.6 Å². The molecule has 110 valence electrons. The number of hydrogen-bond donors (Lipinski definition) is 0. The standard InChI is InChI=1S/C15H11ClF2O2S/c16-15-9-14(18)6-3-12(15)10-21(19,20)8-7-11-1-4-13(17)5-2-11/h1-9H,10H2. The highest BCUT2D eigenvalue weighted by molar-refractivity contribution is 7.93. The lowest BCUT2D eigenvalue weighted by Crippen LogP contribution is -2.01. The summed E-state index contributed by atoms with van der Waals surface area (Å²) in [6, 6.07) is 8.96. The molecule has 2 aromatic rings. The van der Waals surface area contributed by atoms with Crippen molar-refractivity contribution < 1.29 is 17.2 Å². The lowest BCUT2D eigenvalue weighted by atomic mass is 10.2. The molecule has 0 aliphatic carbocycles. The molecule has 2 nitrogen and oxygen atoms in total. The molecule has 0 aliphatic heterocycles. The van der Waals surface area contributed by atoms with Crippen LogP contribution < -0.4 is 0 Å². The van der Waals surface area contributed by atoms with Gasteiger partial charge in [-0.2, -0.15) is 0 Å². The summed E-state index contributed by atoms with van der Waals surface area (Å²) < 4.78 is 49.6. The number of hydrogen-bond acceptors (Lipinski definition) is 2. The van der Waals surface area contributed by atoms with Crippen LogP contribution in [0.2, 0.25) is 5.02 Å². The van der Waals surface area contributed by atoms with E-state index in [-0.39, 0.29) is 10.8 Å². The van der Waals surface area contributed by atoms with E-state index in [0.29, 0.717) is 11.1 Å². The SMILES string of the molecule is O=S(=O)(C=Cc1ccc(F)cc1)Cc1ccc(F)cc1Cl. The maximum Gasteiger partial charge on any atom is 0.175 e. The van der Waals surface area contributed by atoms with Crippen molar-refractivity contribution in [1.82, 2.24) is 0 Å². The van der Waals surface area contributed by atoms with Gasteiger partial charge >= 0.3 is 0 Å². The zero-order valence-electron chi connectivity index (χ0n) is 10.8. The third kappa shape index (κ3) is 4.65. The van der Waals surface area contributed by atoms with Crippen LogP contribution >= 0.6 is 11.6 Å². The summed E-state index contributed by atoms with van der Waals surface area (Å²) in [5.74, 6) is -1.25. The van der Waals surface area contributed by atoms with Crippen molar-refractivity contribution in [2.75, 3.05) is 0 Å². The van der Waals surface area contributed by atoms with Gasteiger partial charge in [0.05, 0.1) is 5.75 Å². The van der Waals surface area contributed by atoms with Crippen LogP contribution in [0.5, 0.6) is 0 Å². The normalized spacial score (nSPS) is 12.0. The van der Waals surface area contributed by atoms with Gasteiger partial charge in [-0.05, 0) is 41.5 Å². The van der Waals surface area contributed by atoms with Crippen molar-refractivity contribution in [2.24, 2.45) is 0 Å². The van der Waals surface area contributed by atoms with Crippen LogP contribution in [-0.4, -0.2) is 8.42 Å². The van der Waals surface area contributed by atoms with Gasteiger partial charge in [0.25, 0.3) is 0 Å². The van der Waals surface area contributed by atoms with E-state index in [2.05, 4.69) is 0 Å². The van der Waals surface area contributed by atoms with Crippen molar-refractivity contribution in [3.63, 3.8) is 0 Å². The Bertz CT molecular complexity index is 769. The highest BCUT2D eigenvalue weighted by Crippen LogP contribution is 2.20. The molecule has 0 atom stereocenters. The smallest absolute Gasteiger partial charge is 0.175 e. The summed E-state index contributed by atoms with van der Waals surface area (Å²) in [4.78, 5) is 0.